The maximum Gasteiger partial charge on any atom is 0.277 e. The van der Waals surface area contributed by atoms with Crippen LogP contribution in [0.25, 0.3) is 6.08 Å². The number of rotatable bonds is 14. The molecule has 1 amide bonds. The van der Waals surface area contributed by atoms with Gasteiger partial charge < -0.3 is 14.4 Å². The van der Waals surface area contributed by atoms with E-state index in [1.807, 2.05) is 56.3 Å². The Morgan fingerprint density at radius 2 is 1.67 bits per heavy atom. The van der Waals surface area contributed by atoms with E-state index in [0.717, 1.165) is 49.4 Å². The van der Waals surface area contributed by atoms with Crippen molar-refractivity contribution < 1.29 is 14.3 Å². The van der Waals surface area contributed by atoms with Gasteiger partial charge in [-0.05, 0) is 43.5 Å². The smallest absolute Gasteiger partial charge is 0.277 e. The highest BCUT2D eigenvalue weighted by atomic mass is 35.5. The molecule has 30 heavy (non-hydrogen) atoms. The molecular weight excluding hydrogens is 402 g/mol. The third kappa shape index (κ3) is 8.09. The Balaban J connectivity index is 1.67. The summed E-state index contributed by atoms with van der Waals surface area (Å²) in [5, 5.41) is 0. The van der Waals surface area contributed by atoms with Gasteiger partial charge in [0.05, 0.1) is 26.4 Å². The molecule has 0 fully saturated rings. The molecule has 2 rings (SSSR count). The van der Waals surface area contributed by atoms with Crippen LogP contribution in [0.5, 0.6) is 0 Å². The Bertz CT molecular complexity index is 717. The molecule has 0 N–H and O–H groups in total. The van der Waals surface area contributed by atoms with Crippen LogP contribution in [0.4, 0.5) is 5.69 Å². The Morgan fingerprint density at radius 1 is 1.00 bits per heavy atom. The van der Waals surface area contributed by atoms with Gasteiger partial charge in [-0.25, -0.2) is 4.99 Å². The van der Waals surface area contributed by atoms with Crippen LogP contribution < -0.4 is 4.90 Å². The number of carbonyl (C=O) groups excluding carboxylic acids is 1. The van der Waals surface area contributed by atoms with Crippen molar-refractivity contribution in [3.8, 4) is 0 Å². The maximum absolute atomic E-state index is 12.7. The first kappa shape index (κ1) is 24.4. The Hall–Kier alpha value is -1.89. The van der Waals surface area contributed by atoms with Gasteiger partial charge in [-0.1, -0.05) is 25.0 Å². The van der Waals surface area contributed by atoms with Crippen LogP contribution in [0.1, 0.15) is 38.2 Å². The molecule has 1 aliphatic heterocycles. The minimum Gasteiger partial charge on any atom is -0.379 e. The SMILES string of the molecule is CC1=N/C(=C\c2ccc(N(C)C)cc2)C(=O)N1CCOCCOCCCCCCCl. The number of nitrogens with zero attached hydrogens (tertiary/aromatic N) is 3. The molecule has 1 aliphatic rings. The molecule has 6 nitrogen and oxygen atoms in total. The number of aliphatic imine (C=N–C) groups is 1. The number of halogens is 1. The van der Waals surface area contributed by atoms with Gasteiger partial charge >= 0.3 is 0 Å². The second-order valence-electron chi connectivity index (χ2n) is 7.46. The zero-order valence-electron chi connectivity index (χ0n) is 18.4. The quantitative estimate of drug-likeness (QED) is 0.250. The molecule has 0 saturated heterocycles. The summed E-state index contributed by atoms with van der Waals surface area (Å²) in [4.78, 5) is 20.8. The number of alkyl halides is 1. The molecular formula is C23H34ClN3O3. The van der Waals surface area contributed by atoms with Crippen LogP contribution >= 0.6 is 11.6 Å². The second kappa shape index (κ2) is 13.4. The largest absolute Gasteiger partial charge is 0.379 e. The minimum absolute atomic E-state index is 0.0824. The lowest BCUT2D eigenvalue weighted by Gasteiger charge is -2.16. The van der Waals surface area contributed by atoms with E-state index in [9.17, 15) is 4.79 Å². The summed E-state index contributed by atoms with van der Waals surface area (Å²) in [6, 6.07) is 8.03. The normalized spacial score (nSPS) is 15.2. The number of benzene rings is 1. The lowest BCUT2D eigenvalue weighted by atomic mass is 10.1. The Morgan fingerprint density at radius 3 is 2.33 bits per heavy atom. The van der Waals surface area contributed by atoms with E-state index in [4.69, 9.17) is 21.1 Å². The summed E-state index contributed by atoms with van der Waals surface area (Å²) < 4.78 is 11.2. The van der Waals surface area contributed by atoms with Crippen molar-refractivity contribution in [2.75, 3.05) is 57.8 Å². The Labute approximate surface area is 185 Å². The number of amides is 1. The first-order chi connectivity index (χ1) is 14.5. The van der Waals surface area contributed by atoms with E-state index in [2.05, 4.69) is 4.99 Å². The van der Waals surface area contributed by atoms with Gasteiger partial charge in [0.15, 0.2) is 0 Å². The first-order valence-corrected chi connectivity index (χ1v) is 11.1. The molecule has 0 radical (unpaired) electrons. The average molecular weight is 436 g/mol. The summed E-state index contributed by atoms with van der Waals surface area (Å²) in [6.07, 6.45) is 6.27. The predicted molar refractivity (Wildman–Crippen MR) is 124 cm³/mol. The van der Waals surface area contributed by atoms with Gasteiger partial charge in [0, 0.05) is 32.3 Å². The Kier molecular flexibility index (Phi) is 10.9. The molecule has 1 aromatic carbocycles. The summed E-state index contributed by atoms with van der Waals surface area (Å²) in [7, 11) is 4.00. The number of unbranched alkanes of at least 4 members (excludes halogenated alkanes) is 3. The standard InChI is InChI=1S/C23H34ClN3O3/c1-19-25-22(18-20-8-10-21(11-9-20)26(2)3)23(28)27(19)13-15-30-17-16-29-14-7-5-4-6-12-24/h8-11,18H,4-7,12-17H2,1-3H3/b22-18-. The van der Waals surface area contributed by atoms with E-state index < -0.39 is 0 Å². The van der Waals surface area contributed by atoms with Crippen LogP contribution in [-0.2, 0) is 14.3 Å². The predicted octanol–water partition coefficient (Wildman–Crippen LogP) is 4.19. The fraction of sp³-hybridized carbons (Fsp3) is 0.565. The third-order valence-electron chi connectivity index (χ3n) is 4.85. The molecule has 0 unspecified atom stereocenters. The summed E-state index contributed by atoms with van der Waals surface area (Å²) in [5.74, 6) is 1.36. The summed E-state index contributed by atoms with van der Waals surface area (Å²) >= 11 is 5.65. The van der Waals surface area contributed by atoms with Gasteiger partial charge in [0.25, 0.3) is 5.91 Å². The minimum atomic E-state index is -0.0824. The lowest BCUT2D eigenvalue weighted by Crippen LogP contribution is -2.33. The zero-order valence-corrected chi connectivity index (χ0v) is 19.2. The van der Waals surface area contributed by atoms with Gasteiger partial charge in [-0.15, -0.1) is 11.6 Å². The maximum atomic E-state index is 12.7. The first-order valence-electron chi connectivity index (χ1n) is 10.6. The molecule has 7 heteroatoms. The highest BCUT2D eigenvalue weighted by Gasteiger charge is 2.26. The van der Waals surface area contributed by atoms with E-state index in [1.165, 1.54) is 0 Å². The monoisotopic (exact) mass is 435 g/mol. The third-order valence-corrected chi connectivity index (χ3v) is 5.12. The molecule has 0 atom stereocenters. The van der Waals surface area contributed by atoms with Crippen molar-refractivity contribution in [1.82, 2.24) is 4.90 Å². The van der Waals surface area contributed by atoms with Crippen LogP contribution in [0, 0.1) is 0 Å². The lowest BCUT2D eigenvalue weighted by molar-refractivity contribution is -0.123. The van der Waals surface area contributed by atoms with Crippen molar-refractivity contribution in [1.29, 1.82) is 0 Å². The van der Waals surface area contributed by atoms with Crippen LogP contribution in [0.15, 0.2) is 35.0 Å². The molecule has 0 saturated carbocycles. The zero-order chi connectivity index (χ0) is 21.8. The fourth-order valence-electron chi connectivity index (χ4n) is 3.08. The fourth-order valence-corrected chi connectivity index (χ4v) is 3.27. The highest BCUT2D eigenvalue weighted by molar-refractivity contribution is 6.17. The van der Waals surface area contributed by atoms with Crippen LogP contribution in [0.2, 0.25) is 0 Å². The van der Waals surface area contributed by atoms with Crippen molar-refractivity contribution >= 4 is 35.1 Å². The molecule has 0 aliphatic carbocycles. The van der Waals surface area contributed by atoms with Gasteiger partial charge in [-0.3, -0.25) is 9.69 Å². The number of hydrogen-bond acceptors (Lipinski definition) is 5. The second-order valence-corrected chi connectivity index (χ2v) is 7.84. The molecule has 0 spiro atoms. The number of hydrogen-bond donors (Lipinski definition) is 0. The number of ether oxygens (including phenoxy) is 2. The number of amidine groups is 1. The van der Waals surface area contributed by atoms with Crippen molar-refractivity contribution in [2.24, 2.45) is 4.99 Å². The molecule has 166 valence electrons. The number of anilines is 1. The van der Waals surface area contributed by atoms with Crippen LogP contribution in [-0.4, -0.2) is 69.6 Å². The van der Waals surface area contributed by atoms with Crippen LogP contribution in [0.3, 0.4) is 0 Å². The summed E-state index contributed by atoms with van der Waals surface area (Å²) in [6.45, 7) is 4.66. The molecule has 0 bridgehead atoms. The summed E-state index contributed by atoms with van der Waals surface area (Å²) in [5.41, 5.74) is 2.53. The topological polar surface area (TPSA) is 54.4 Å². The van der Waals surface area contributed by atoms with Crippen molar-refractivity contribution in [3.63, 3.8) is 0 Å². The van der Waals surface area contributed by atoms with E-state index in [0.29, 0.717) is 37.9 Å². The van der Waals surface area contributed by atoms with Gasteiger partial charge in [0.1, 0.15) is 11.5 Å². The molecule has 0 aromatic heterocycles. The average Bonchev–Trinajstić information content (AvgIpc) is 2.99. The number of carbonyl (C=O) groups is 1. The van der Waals surface area contributed by atoms with Crippen molar-refractivity contribution in [2.45, 2.75) is 32.6 Å². The van der Waals surface area contributed by atoms with Gasteiger partial charge in [0.2, 0.25) is 0 Å². The van der Waals surface area contributed by atoms with E-state index in [-0.39, 0.29) is 5.91 Å². The van der Waals surface area contributed by atoms with Gasteiger partial charge in [-0.2, -0.15) is 0 Å². The highest BCUT2D eigenvalue weighted by Crippen LogP contribution is 2.20. The molecule has 1 aromatic rings. The molecule has 1 heterocycles. The van der Waals surface area contributed by atoms with E-state index in [1.54, 1.807) is 4.90 Å². The van der Waals surface area contributed by atoms with E-state index >= 15 is 0 Å². The van der Waals surface area contributed by atoms with Crippen molar-refractivity contribution in [3.05, 3.63) is 35.5 Å².